The summed E-state index contributed by atoms with van der Waals surface area (Å²) in [6.45, 7) is 0. The smallest absolute Gasteiger partial charge is 0.337 e. The van der Waals surface area contributed by atoms with Crippen LogP contribution in [0.15, 0.2) is 24.3 Å². The van der Waals surface area contributed by atoms with Crippen molar-refractivity contribution >= 4 is 23.5 Å². The number of hydrogen-bond donors (Lipinski definition) is 2. The van der Waals surface area contributed by atoms with E-state index in [0.717, 1.165) is 0 Å². The maximum atomic E-state index is 12.5. The number of carboxylic acids is 1. The second-order valence-electron chi connectivity index (χ2n) is 5.74. The highest BCUT2D eigenvalue weighted by Gasteiger charge is 2.55. The molecule has 0 aromatic heterocycles. The number of fused-ring (bicyclic) bond motifs is 2. The van der Waals surface area contributed by atoms with Gasteiger partial charge in [-0.3, -0.25) is 9.59 Å². The lowest BCUT2D eigenvalue weighted by Crippen LogP contribution is -2.40. The van der Waals surface area contributed by atoms with Crippen LogP contribution in [0.3, 0.4) is 0 Å². The number of aliphatic carboxylic acids is 1. The average molecular weight is 319 g/mol. The van der Waals surface area contributed by atoms with Crippen LogP contribution in [0.1, 0.15) is 23.2 Å². The van der Waals surface area contributed by atoms with Gasteiger partial charge in [-0.1, -0.05) is 6.07 Å². The van der Waals surface area contributed by atoms with E-state index in [-0.39, 0.29) is 6.10 Å². The second-order valence-corrected chi connectivity index (χ2v) is 5.74. The van der Waals surface area contributed by atoms with Gasteiger partial charge in [0.05, 0.1) is 36.7 Å². The Labute approximate surface area is 132 Å². The molecule has 23 heavy (non-hydrogen) atoms. The van der Waals surface area contributed by atoms with Crippen LogP contribution in [0.4, 0.5) is 5.69 Å². The SMILES string of the molecule is COC(=O)c1cccc(NC(=O)[C@@H]2[C@H](C(=O)O)[C@H]3CC[C@H]2O3)c1. The largest absolute Gasteiger partial charge is 0.481 e. The third-order valence-corrected chi connectivity index (χ3v) is 4.41. The Kier molecular flexibility index (Phi) is 4.04. The summed E-state index contributed by atoms with van der Waals surface area (Å²) in [5.74, 6) is -3.45. The first kappa shape index (κ1) is 15.5. The van der Waals surface area contributed by atoms with Crippen molar-refractivity contribution in [2.45, 2.75) is 25.0 Å². The molecule has 0 radical (unpaired) electrons. The molecule has 0 aliphatic carbocycles. The van der Waals surface area contributed by atoms with E-state index in [1.54, 1.807) is 18.2 Å². The van der Waals surface area contributed by atoms with Gasteiger partial charge in [0.2, 0.25) is 5.91 Å². The number of rotatable bonds is 4. The molecule has 0 saturated carbocycles. The molecule has 2 bridgehead atoms. The van der Waals surface area contributed by atoms with Gasteiger partial charge in [-0.15, -0.1) is 0 Å². The summed E-state index contributed by atoms with van der Waals surface area (Å²) in [5, 5.41) is 12.0. The Morgan fingerprint density at radius 1 is 1.22 bits per heavy atom. The van der Waals surface area contributed by atoms with Crippen LogP contribution in [-0.2, 0) is 19.1 Å². The van der Waals surface area contributed by atoms with Crippen molar-refractivity contribution in [3.05, 3.63) is 29.8 Å². The van der Waals surface area contributed by atoms with Gasteiger partial charge in [-0.05, 0) is 31.0 Å². The number of nitrogens with one attached hydrogen (secondary N) is 1. The van der Waals surface area contributed by atoms with Crippen molar-refractivity contribution in [2.24, 2.45) is 11.8 Å². The quantitative estimate of drug-likeness (QED) is 0.811. The number of carbonyl (C=O) groups excluding carboxylic acids is 2. The van der Waals surface area contributed by atoms with Gasteiger partial charge in [-0.25, -0.2) is 4.79 Å². The minimum Gasteiger partial charge on any atom is -0.481 e. The summed E-state index contributed by atoms with van der Waals surface area (Å²) in [5.41, 5.74) is 0.731. The van der Waals surface area contributed by atoms with Crippen molar-refractivity contribution in [3.8, 4) is 0 Å². The molecule has 2 saturated heterocycles. The van der Waals surface area contributed by atoms with E-state index in [9.17, 15) is 19.5 Å². The van der Waals surface area contributed by atoms with Gasteiger partial charge in [0.1, 0.15) is 0 Å². The summed E-state index contributed by atoms with van der Waals surface area (Å²) >= 11 is 0. The molecule has 2 fully saturated rings. The fourth-order valence-electron chi connectivity index (χ4n) is 3.39. The van der Waals surface area contributed by atoms with Gasteiger partial charge in [0.25, 0.3) is 0 Å². The fraction of sp³-hybridized carbons (Fsp3) is 0.438. The summed E-state index contributed by atoms with van der Waals surface area (Å²) < 4.78 is 10.2. The Balaban J connectivity index is 1.77. The molecule has 4 atom stereocenters. The predicted molar refractivity (Wildman–Crippen MR) is 78.9 cm³/mol. The molecule has 2 aliphatic heterocycles. The molecule has 7 nitrogen and oxygen atoms in total. The maximum Gasteiger partial charge on any atom is 0.337 e. The van der Waals surface area contributed by atoms with E-state index < -0.39 is 35.8 Å². The summed E-state index contributed by atoms with van der Waals surface area (Å²) in [6.07, 6.45) is 0.609. The standard InChI is InChI=1S/C16H17NO6/c1-22-16(21)8-3-2-4-9(7-8)17-14(18)12-10-5-6-11(23-10)13(12)15(19)20/h2-4,7,10-13H,5-6H2,1H3,(H,17,18)(H,19,20)/t10-,11-,12+,13-/m1/s1. The molecular formula is C16H17NO6. The first-order chi connectivity index (χ1) is 11.0. The summed E-state index contributed by atoms with van der Waals surface area (Å²) in [6, 6.07) is 6.32. The van der Waals surface area contributed by atoms with Crippen LogP contribution in [0.25, 0.3) is 0 Å². The zero-order valence-corrected chi connectivity index (χ0v) is 12.5. The number of methoxy groups -OCH3 is 1. The van der Waals surface area contributed by atoms with Crippen LogP contribution in [0, 0.1) is 11.8 Å². The lowest BCUT2D eigenvalue weighted by atomic mass is 9.78. The van der Waals surface area contributed by atoms with Gasteiger partial charge in [0, 0.05) is 5.69 Å². The second kappa shape index (κ2) is 6.00. The van der Waals surface area contributed by atoms with Gasteiger partial charge < -0.3 is 19.9 Å². The average Bonchev–Trinajstić information content (AvgIpc) is 3.15. The van der Waals surface area contributed by atoms with E-state index in [1.165, 1.54) is 13.2 Å². The Morgan fingerprint density at radius 2 is 1.91 bits per heavy atom. The lowest BCUT2D eigenvalue weighted by Gasteiger charge is -2.23. The molecule has 7 heteroatoms. The first-order valence-corrected chi connectivity index (χ1v) is 7.38. The Morgan fingerprint density at radius 3 is 2.57 bits per heavy atom. The zero-order chi connectivity index (χ0) is 16.6. The third-order valence-electron chi connectivity index (χ3n) is 4.41. The number of ether oxygens (including phenoxy) is 2. The van der Waals surface area contributed by atoms with Gasteiger partial charge in [0.15, 0.2) is 0 Å². The Hall–Kier alpha value is -2.41. The molecule has 1 aromatic carbocycles. The van der Waals surface area contributed by atoms with Crippen molar-refractivity contribution in [2.75, 3.05) is 12.4 Å². The van der Waals surface area contributed by atoms with E-state index in [4.69, 9.17) is 4.74 Å². The van der Waals surface area contributed by atoms with E-state index in [1.807, 2.05) is 0 Å². The highest BCUT2D eigenvalue weighted by atomic mass is 16.5. The number of hydrogen-bond acceptors (Lipinski definition) is 5. The fourth-order valence-corrected chi connectivity index (χ4v) is 3.39. The molecule has 0 unspecified atom stereocenters. The molecule has 3 rings (SSSR count). The zero-order valence-electron chi connectivity index (χ0n) is 12.5. The van der Waals surface area contributed by atoms with Crippen LogP contribution < -0.4 is 5.32 Å². The van der Waals surface area contributed by atoms with Crippen LogP contribution in [0.5, 0.6) is 0 Å². The van der Waals surface area contributed by atoms with E-state index in [2.05, 4.69) is 10.1 Å². The molecule has 1 aromatic rings. The molecule has 122 valence electrons. The van der Waals surface area contributed by atoms with Crippen molar-refractivity contribution in [1.82, 2.24) is 0 Å². The first-order valence-electron chi connectivity index (χ1n) is 7.38. The minimum absolute atomic E-state index is 0.310. The normalized spacial score (nSPS) is 28.4. The predicted octanol–water partition coefficient (Wildman–Crippen LogP) is 1.29. The monoisotopic (exact) mass is 319 g/mol. The van der Waals surface area contributed by atoms with Crippen molar-refractivity contribution < 1.29 is 29.0 Å². The van der Waals surface area contributed by atoms with Crippen LogP contribution in [0.2, 0.25) is 0 Å². The van der Waals surface area contributed by atoms with Gasteiger partial charge >= 0.3 is 11.9 Å². The number of amides is 1. The minimum atomic E-state index is -1.01. The number of carboxylic acid groups (broad SMARTS) is 1. The van der Waals surface area contributed by atoms with E-state index >= 15 is 0 Å². The molecular weight excluding hydrogens is 302 g/mol. The molecule has 2 heterocycles. The third kappa shape index (κ3) is 2.79. The number of carbonyl (C=O) groups is 3. The van der Waals surface area contributed by atoms with Crippen molar-refractivity contribution in [3.63, 3.8) is 0 Å². The molecule has 1 amide bonds. The number of esters is 1. The highest BCUT2D eigenvalue weighted by molar-refractivity contribution is 5.97. The molecule has 0 spiro atoms. The van der Waals surface area contributed by atoms with Crippen molar-refractivity contribution in [1.29, 1.82) is 0 Å². The molecule has 2 aliphatic rings. The number of benzene rings is 1. The summed E-state index contributed by atoms with van der Waals surface area (Å²) in [7, 11) is 1.28. The van der Waals surface area contributed by atoms with Crippen LogP contribution >= 0.6 is 0 Å². The summed E-state index contributed by atoms with van der Waals surface area (Å²) in [4.78, 5) is 35.4. The Bertz CT molecular complexity index is 658. The molecule has 2 N–H and O–H groups in total. The topological polar surface area (TPSA) is 102 Å². The van der Waals surface area contributed by atoms with E-state index in [0.29, 0.717) is 24.1 Å². The van der Waals surface area contributed by atoms with Gasteiger partial charge in [-0.2, -0.15) is 0 Å². The maximum absolute atomic E-state index is 12.5. The van der Waals surface area contributed by atoms with Crippen LogP contribution in [-0.4, -0.2) is 42.3 Å². The lowest BCUT2D eigenvalue weighted by molar-refractivity contribution is -0.147. The highest BCUT2D eigenvalue weighted by Crippen LogP contribution is 2.44. The number of anilines is 1.